The molecule has 0 N–H and O–H groups in total. The van der Waals surface area contributed by atoms with E-state index in [1.54, 1.807) is 12.1 Å². The third-order valence-corrected chi connectivity index (χ3v) is 3.67. The Labute approximate surface area is 112 Å². The summed E-state index contributed by atoms with van der Waals surface area (Å²) in [7, 11) is 0. The number of benzene rings is 2. The highest BCUT2D eigenvalue weighted by molar-refractivity contribution is 9.10. The maximum atomic E-state index is 13.1. The number of carbonyl (C=O) groups is 1. The van der Waals surface area contributed by atoms with Gasteiger partial charge in [0.05, 0.1) is 0 Å². The number of aryl methyl sites for hydroxylation is 1. The van der Waals surface area contributed by atoms with Gasteiger partial charge in [-0.2, -0.15) is 0 Å². The number of hydrogen-bond donors (Lipinski definition) is 0. The molecule has 0 radical (unpaired) electrons. The lowest BCUT2D eigenvalue weighted by molar-refractivity contribution is 0.103. The second-order valence-electron chi connectivity index (χ2n) is 3.89. The maximum Gasteiger partial charge on any atom is 0.194 e. The highest BCUT2D eigenvalue weighted by Crippen LogP contribution is 2.24. The highest BCUT2D eigenvalue weighted by atomic mass is 79.9. The van der Waals surface area contributed by atoms with Gasteiger partial charge in [0.15, 0.2) is 17.4 Å². The fraction of sp³-hybridized carbons (Fsp3) is 0.0714. The lowest BCUT2D eigenvalue weighted by Gasteiger charge is -2.06. The van der Waals surface area contributed by atoms with Gasteiger partial charge in [0.1, 0.15) is 0 Å². The standard InChI is InChI=1S/C14H9BrF2O/c1-8-3-2-4-10(13(8)15)14(18)9-5-6-11(16)12(17)7-9/h2-7H,1H3. The number of carbonyl (C=O) groups excluding carboxylic acids is 1. The van der Waals surface area contributed by atoms with Crippen LogP contribution in [0.15, 0.2) is 40.9 Å². The first-order valence-corrected chi connectivity index (χ1v) is 6.05. The second kappa shape index (κ2) is 4.98. The van der Waals surface area contributed by atoms with E-state index in [2.05, 4.69) is 15.9 Å². The Kier molecular flexibility index (Phi) is 3.57. The van der Waals surface area contributed by atoms with Crippen molar-refractivity contribution < 1.29 is 13.6 Å². The molecule has 0 aliphatic heterocycles. The van der Waals surface area contributed by atoms with Crippen LogP contribution in [0.3, 0.4) is 0 Å². The van der Waals surface area contributed by atoms with Crippen molar-refractivity contribution >= 4 is 21.7 Å². The number of hydrogen-bond acceptors (Lipinski definition) is 1. The Morgan fingerprint density at radius 1 is 1.11 bits per heavy atom. The van der Waals surface area contributed by atoms with E-state index in [1.807, 2.05) is 13.0 Å². The molecule has 0 atom stereocenters. The third-order valence-electron chi connectivity index (χ3n) is 2.62. The van der Waals surface area contributed by atoms with E-state index in [-0.39, 0.29) is 11.3 Å². The molecule has 0 aliphatic rings. The zero-order valence-electron chi connectivity index (χ0n) is 9.51. The molecule has 4 heteroatoms. The summed E-state index contributed by atoms with van der Waals surface area (Å²) >= 11 is 3.32. The summed E-state index contributed by atoms with van der Waals surface area (Å²) < 4.78 is 26.6. The van der Waals surface area contributed by atoms with Crippen molar-refractivity contribution in [1.29, 1.82) is 0 Å². The van der Waals surface area contributed by atoms with E-state index < -0.39 is 11.6 Å². The number of rotatable bonds is 2. The van der Waals surface area contributed by atoms with E-state index in [0.29, 0.717) is 10.0 Å². The molecule has 0 saturated carbocycles. The Hall–Kier alpha value is -1.55. The molecule has 2 rings (SSSR count). The molecule has 18 heavy (non-hydrogen) atoms. The molecule has 2 aromatic rings. The van der Waals surface area contributed by atoms with Crippen molar-refractivity contribution in [1.82, 2.24) is 0 Å². The van der Waals surface area contributed by atoms with Gasteiger partial charge >= 0.3 is 0 Å². The molecule has 0 bridgehead atoms. The Morgan fingerprint density at radius 3 is 2.50 bits per heavy atom. The SMILES string of the molecule is Cc1cccc(C(=O)c2ccc(F)c(F)c2)c1Br. The van der Waals surface area contributed by atoms with Crippen molar-refractivity contribution in [3.05, 3.63) is 69.2 Å². The summed E-state index contributed by atoms with van der Waals surface area (Å²) in [5, 5.41) is 0. The molecule has 92 valence electrons. The van der Waals surface area contributed by atoms with Gasteiger partial charge in [-0.15, -0.1) is 0 Å². The molecule has 0 aliphatic carbocycles. The fourth-order valence-electron chi connectivity index (χ4n) is 1.62. The Bertz CT molecular complexity index is 623. The van der Waals surface area contributed by atoms with Gasteiger partial charge in [-0.05, 0) is 52.7 Å². The van der Waals surface area contributed by atoms with Crippen LogP contribution in [-0.4, -0.2) is 5.78 Å². The monoisotopic (exact) mass is 310 g/mol. The van der Waals surface area contributed by atoms with E-state index in [9.17, 15) is 13.6 Å². The van der Waals surface area contributed by atoms with Crippen molar-refractivity contribution in [2.75, 3.05) is 0 Å². The van der Waals surface area contributed by atoms with Gasteiger partial charge < -0.3 is 0 Å². The minimum absolute atomic E-state index is 0.125. The Balaban J connectivity index is 2.48. The molecule has 1 nitrogen and oxygen atoms in total. The zero-order chi connectivity index (χ0) is 13.3. The van der Waals surface area contributed by atoms with E-state index in [4.69, 9.17) is 0 Å². The zero-order valence-corrected chi connectivity index (χ0v) is 11.1. The van der Waals surface area contributed by atoms with Crippen LogP contribution in [0.1, 0.15) is 21.5 Å². The lowest BCUT2D eigenvalue weighted by atomic mass is 10.0. The average molecular weight is 311 g/mol. The fourth-order valence-corrected chi connectivity index (χ4v) is 2.06. The summed E-state index contributed by atoms with van der Waals surface area (Å²) in [6.07, 6.45) is 0. The van der Waals surface area contributed by atoms with E-state index in [1.165, 1.54) is 6.07 Å². The molecule has 2 aromatic carbocycles. The van der Waals surface area contributed by atoms with Crippen molar-refractivity contribution in [2.24, 2.45) is 0 Å². The first-order chi connectivity index (χ1) is 8.50. The minimum Gasteiger partial charge on any atom is -0.289 e. The molecule has 0 aromatic heterocycles. The minimum atomic E-state index is -1.02. The summed E-state index contributed by atoms with van der Waals surface area (Å²) in [5.41, 5.74) is 1.46. The van der Waals surface area contributed by atoms with Crippen LogP contribution in [-0.2, 0) is 0 Å². The van der Waals surface area contributed by atoms with Crippen LogP contribution in [0, 0.1) is 18.6 Å². The molecule has 0 amide bonds. The van der Waals surface area contributed by atoms with Crippen LogP contribution in [0.25, 0.3) is 0 Å². The summed E-state index contributed by atoms with van der Waals surface area (Å²) in [6.45, 7) is 1.85. The van der Waals surface area contributed by atoms with Crippen LogP contribution in [0.5, 0.6) is 0 Å². The van der Waals surface area contributed by atoms with Crippen LogP contribution in [0.4, 0.5) is 8.78 Å². The highest BCUT2D eigenvalue weighted by Gasteiger charge is 2.15. The molecule has 0 spiro atoms. The van der Waals surface area contributed by atoms with Crippen LogP contribution in [0.2, 0.25) is 0 Å². The maximum absolute atomic E-state index is 13.1. The second-order valence-corrected chi connectivity index (χ2v) is 4.69. The third kappa shape index (κ3) is 2.34. The summed E-state index contributed by atoms with van der Waals surface area (Å²) in [5.74, 6) is -2.33. The van der Waals surface area contributed by atoms with Crippen molar-refractivity contribution in [3.8, 4) is 0 Å². The molecular weight excluding hydrogens is 302 g/mol. The van der Waals surface area contributed by atoms with Crippen molar-refractivity contribution in [3.63, 3.8) is 0 Å². The predicted molar refractivity (Wildman–Crippen MR) is 68.7 cm³/mol. The summed E-state index contributed by atoms with van der Waals surface area (Å²) in [6, 6.07) is 8.37. The smallest absolute Gasteiger partial charge is 0.194 e. The lowest BCUT2D eigenvalue weighted by Crippen LogP contribution is -2.04. The quantitative estimate of drug-likeness (QED) is 0.757. The number of halogens is 3. The molecular formula is C14H9BrF2O. The first kappa shape index (κ1) is 12.9. The largest absolute Gasteiger partial charge is 0.289 e. The van der Waals surface area contributed by atoms with Gasteiger partial charge in [0.2, 0.25) is 0 Å². The van der Waals surface area contributed by atoms with Gasteiger partial charge in [-0.1, -0.05) is 12.1 Å². The Morgan fingerprint density at radius 2 is 1.83 bits per heavy atom. The van der Waals surface area contributed by atoms with Gasteiger partial charge in [-0.25, -0.2) is 8.78 Å². The van der Waals surface area contributed by atoms with Gasteiger partial charge in [0.25, 0.3) is 0 Å². The van der Waals surface area contributed by atoms with Crippen LogP contribution >= 0.6 is 15.9 Å². The molecule has 0 heterocycles. The van der Waals surface area contributed by atoms with Crippen LogP contribution < -0.4 is 0 Å². The normalized spacial score (nSPS) is 10.4. The predicted octanol–water partition coefficient (Wildman–Crippen LogP) is 4.27. The molecule has 0 unspecified atom stereocenters. The van der Waals surface area contributed by atoms with Gasteiger partial charge in [0, 0.05) is 15.6 Å². The molecule has 0 saturated heterocycles. The summed E-state index contributed by atoms with van der Waals surface area (Å²) in [4.78, 5) is 12.2. The number of ketones is 1. The van der Waals surface area contributed by atoms with E-state index in [0.717, 1.165) is 17.7 Å². The first-order valence-electron chi connectivity index (χ1n) is 5.25. The molecule has 0 fully saturated rings. The topological polar surface area (TPSA) is 17.1 Å². The van der Waals surface area contributed by atoms with E-state index >= 15 is 0 Å². The average Bonchev–Trinajstić information content (AvgIpc) is 2.35. The van der Waals surface area contributed by atoms with Crippen molar-refractivity contribution in [2.45, 2.75) is 6.92 Å². The van der Waals surface area contributed by atoms with Gasteiger partial charge in [-0.3, -0.25) is 4.79 Å².